The second kappa shape index (κ2) is 5.71. The average Bonchev–Trinajstić information content (AvgIpc) is 2.90. The molecule has 1 unspecified atom stereocenters. The summed E-state index contributed by atoms with van der Waals surface area (Å²) in [4.78, 5) is 14.3. The molecule has 3 aromatic rings. The first-order valence-electron chi connectivity index (χ1n) is 6.71. The van der Waals surface area contributed by atoms with Gasteiger partial charge in [0.05, 0.1) is 11.9 Å². The molecule has 108 valence electrons. The second-order valence-electron chi connectivity index (χ2n) is 5.16. The zero-order valence-corrected chi connectivity index (χ0v) is 12.4. The number of hydrogen-bond acceptors (Lipinski definition) is 4. The third kappa shape index (κ3) is 3.15. The first kappa shape index (κ1) is 13.9. The van der Waals surface area contributed by atoms with E-state index in [4.69, 9.17) is 4.42 Å². The van der Waals surface area contributed by atoms with E-state index in [0.29, 0.717) is 5.58 Å². The Kier molecular flexibility index (Phi) is 3.77. The molecular weight excluding hydrogens is 286 g/mol. The van der Waals surface area contributed by atoms with Crippen LogP contribution in [0.5, 0.6) is 5.75 Å². The fraction of sp³-hybridized carbons (Fsp3) is 0.188. The molecular formula is C16H16NO3S+. The number of quaternary nitrogens is 1. The highest BCUT2D eigenvalue weighted by atomic mass is 32.1. The van der Waals surface area contributed by atoms with Gasteiger partial charge in [-0.3, -0.25) is 0 Å². The van der Waals surface area contributed by atoms with Gasteiger partial charge in [0, 0.05) is 23.1 Å². The van der Waals surface area contributed by atoms with Gasteiger partial charge in [0.2, 0.25) is 0 Å². The molecule has 2 aromatic heterocycles. The van der Waals surface area contributed by atoms with E-state index in [1.54, 1.807) is 23.5 Å². The van der Waals surface area contributed by atoms with Crippen molar-refractivity contribution in [2.75, 3.05) is 7.05 Å². The Bertz CT molecular complexity index is 808. The lowest BCUT2D eigenvalue weighted by Crippen LogP contribution is -3.06. The number of thiophene rings is 1. The van der Waals surface area contributed by atoms with Gasteiger partial charge in [-0.15, -0.1) is 11.3 Å². The molecule has 4 nitrogen and oxygen atoms in total. The van der Waals surface area contributed by atoms with Crippen LogP contribution in [-0.4, -0.2) is 12.2 Å². The third-order valence-electron chi connectivity index (χ3n) is 3.36. The maximum absolute atomic E-state index is 11.7. The number of nitrogens with one attached hydrogen (secondary N) is 1. The average molecular weight is 302 g/mol. The minimum absolute atomic E-state index is 0.0992. The summed E-state index contributed by atoms with van der Waals surface area (Å²) >= 11 is 1.74. The van der Waals surface area contributed by atoms with Gasteiger partial charge in [-0.1, -0.05) is 6.07 Å². The molecule has 3 rings (SSSR count). The summed E-state index contributed by atoms with van der Waals surface area (Å²) in [5.41, 5.74) is 0.990. The summed E-state index contributed by atoms with van der Waals surface area (Å²) < 4.78 is 5.15. The Hall–Kier alpha value is -2.11. The van der Waals surface area contributed by atoms with Gasteiger partial charge in [0.25, 0.3) is 0 Å². The SMILES string of the molecule is C[NH+](Cc1cccs1)Cc1cc(=O)oc2cc(O)ccc12. The highest BCUT2D eigenvalue weighted by molar-refractivity contribution is 7.09. The topological polar surface area (TPSA) is 54.9 Å². The molecule has 0 spiro atoms. The molecule has 0 radical (unpaired) electrons. The molecule has 0 saturated carbocycles. The van der Waals surface area contributed by atoms with Gasteiger partial charge in [-0.25, -0.2) is 4.79 Å². The van der Waals surface area contributed by atoms with E-state index in [1.165, 1.54) is 21.9 Å². The molecule has 1 aromatic carbocycles. The van der Waals surface area contributed by atoms with E-state index >= 15 is 0 Å². The van der Waals surface area contributed by atoms with Crippen molar-refractivity contribution in [1.29, 1.82) is 0 Å². The van der Waals surface area contributed by atoms with Crippen molar-refractivity contribution < 1.29 is 14.4 Å². The molecule has 0 aliphatic heterocycles. The van der Waals surface area contributed by atoms with Crippen LogP contribution in [0.3, 0.4) is 0 Å². The lowest BCUT2D eigenvalue weighted by molar-refractivity contribution is -0.907. The molecule has 1 atom stereocenters. The molecule has 0 aliphatic carbocycles. The van der Waals surface area contributed by atoms with E-state index < -0.39 is 0 Å². The van der Waals surface area contributed by atoms with Crippen LogP contribution in [0.25, 0.3) is 11.0 Å². The van der Waals surface area contributed by atoms with Crippen molar-refractivity contribution in [2.45, 2.75) is 13.1 Å². The van der Waals surface area contributed by atoms with Crippen molar-refractivity contribution in [3.8, 4) is 5.75 Å². The minimum Gasteiger partial charge on any atom is -0.508 e. The Morgan fingerprint density at radius 3 is 2.86 bits per heavy atom. The quantitative estimate of drug-likeness (QED) is 0.722. The minimum atomic E-state index is -0.382. The molecule has 0 fully saturated rings. The number of hydrogen-bond donors (Lipinski definition) is 2. The van der Waals surface area contributed by atoms with Crippen molar-refractivity contribution in [3.05, 3.63) is 62.6 Å². The summed E-state index contributed by atoms with van der Waals surface area (Å²) in [7, 11) is 2.10. The predicted octanol–water partition coefficient (Wildman–Crippen LogP) is 1.78. The van der Waals surface area contributed by atoms with Gasteiger partial charge in [-0.2, -0.15) is 0 Å². The number of fused-ring (bicyclic) bond motifs is 1. The molecule has 0 aliphatic rings. The van der Waals surface area contributed by atoms with Crippen LogP contribution in [0.1, 0.15) is 10.4 Å². The monoisotopic (exact) mass is 302 g/mol. The van der Waals surface area contributed by atoms with Crippen LogP contribution in [0.15, 0.2) is 51.0 Å². The van der Waals surface area contributed by atoms with Crippen molar-refractivity contribution in [2.24, 2.45) is 0 Å². The summed E-state index contributed by atoms with van der Waals surface area (Å²) in [6.07, 6.45) is 0. The van der Waals surface area contributed by atoms with Crippen LogP contribution in [-0.2, 0) is 13.1 Å². The van der Waals surface area contributed by atoms with Crippen molar-refractivity contribution in [1.82, 2.24) is 0 Å². The maximum atomic E-state index is 11.7. The van der Waals surface area contributed by atoms with Crippen LogP contribution in [0.2, 0.25) is 0 Å². The lowest BCUT2D eigenvalue weighted by atomic mass is 10.1. The summed E-state index contributed by atoms with van der Waals surface area (Å²) in [6, 6.07) is 10.6. The van der Waals surface area contributed by atoms with Gasteiger partial charge >= 0.3 is 5.63 Å². The van der Waals surface area contributed by atoms with Crippen molar-refractivity contribution in [3.63, 3.8) is 0 Å². The highest BCUT2D eigenvalue weighted by Gasteiger charge is 2.12. The fourth-order valence-corrected chi connectivity index (χ4v) is 3.28. The van der Waals surface area contributed by atoms with E-state index in [9.17, 15) is 9.90 Å². The van der Waals surface area contributed by atoms with E-state index in [-0.39, 0.29) is 11.4 Å². The van der Waals surface area contributed by atoms with E-state index in [0.717, 1.165) is 24.0 Å². The lowest BCUT2D eigenvalue weighted by Gasteiger charge is -2.14. The number of aromatic hydroxyl groups is 1. The van der Waals surface area contributed by atoms with Crippen molar-refractivity contribution >= 4 is 22.3 Å². The third-order valence-corrected chi connectivity index (χ3v) is 4.24. The molecule has 0 saturated heterocycles. The Morgan fingerprint density at radius 1 is 1.24 bits per heavy atom. The number of benzene rings is 1. The molecule has 21 heavy (non-hydrogen) atoms. The van der Waals surface area contributed by atoms with Gasteiger partial charge in [0.1, 0.15) is 24.4 Å². The Morgan fingerprint density at radius 2 is 2.10 bits per heavy atom. The largest absolute Gasteiger partial charge is 0.508 e. The first-order chi connectivity index (χ1) is 10.1. The summed E-state index contributed by atoms with van der Waals surface area (Å²) in [6.45, 7) is 1.64. The smallest absolute Gasteiger partial charge is 0.336 e. The number of rotatable bonds is 4. The summed E-state index contributed by atoms with van der Waals surface area (Å²) in [5.74, 6) is 0.0992. The van der Waals surface area contributed by atoms with Gasteiger partial charge in [0.15, 0.2) is 0 Å². The zero-order valence-electron chi connectivity index (χ0n) is 11.6. The van der Waals surface area contributed by atoms with Gasteiger partial charge in [-0.05, 0) is 23.6 Å². The van der Waals surface area contributed by atoms with Gasteiger partial charge < -0.3 is 14.4 Å². The standard InChI is InChI=1S/C16H15NO3S/c1-17(10-13-3-2-6-21-13)9-11-7-16(19)20-15-8-12(18)4-5-14(11)15/h2-8,18H,9-10H2,1H3/p+1. The van der Waals surface area contributed by atoms with Crippen LogP contribution in [0.4, 0.5) is 0 Å². The number of phenols is 1. The normalized spacial score (nSPS) is 12.6. The highest BCUT2D eigenvalue weighted by Crippen LogP contribution is 2.21. The molecule has 0 bridgehead atoms. The second-order valence-corrected chi connectivity index (χ2v) is 6.19. The molecule has 2 heterocycles. The summed E-state index contributed by atoms with van der Waals surface area (Å²) in [5, 5.41) is 12.4. The number of phenolic OH excluding ortho intramolecular Hbond substituents is 1. The Balaban J connectivity index is 1.91. The first-order valence-corrected chi connectivity index (χ1v) is 7.59. The fourth-order valence-electron chi connectivity index (χ4n) is 2.46. The zero-order chi connectivity index (χ0) is 14.8. The predicted molar refractivity (Wildman–Crippen MR) is 82.8 cm³/mol. The van der Waals surface area contributed by atoms with E-state index in [2.05, 4.69) is 18.5 Å². The van der Waals surface area contributed by atoms with E-state index in [1.807, 2.05) is 6.07 Å². The van der Waals surface area contributed by atoms with Crippen LogP contribution < -0.4 is 10.5 Å². The Labute approximate surface area is 125 Å². The van der Waals surface area contributed by atoms with Crippen LogP contribution in [0, 0.1) is 0 Å². The molecule has 5 heteroatoms. The maximum Gasteiger partial charge on any atom is 0.336 e. The molecule has 2 N–H and O–H groups in total. The van der Waals surface area contributed by atoms with Crippen LogP contribution >= 0.6 is 11.3 Å². The molecule has 0 amide bonds.